The van der Waals surface area contributed by atoms with Crippen LogP contribution in [0.3, 0.4) is 0 Å². The number of morpholine rings is 1. The third-order valence-corrected chi connectivity index (χ3v) is 6.62. The van der Waals surface area contributed by atoms with Crippen LogP contribution in [0.5, 0.6) is 0 Å². The number of benzene rings is 2. The summed E-state index contributed by atoms with van der Waals surface area (Å²) in [7, 11) is 0. The summed E-state index contributed by atoms with van der Waals surface area (Å²) in [5.41, 5.74) is 1.62. The number of nitrogens with zero attached hydrogens (tertiary/aromatic N) is 4. The molecule has 33 heavy (non-hydrogen) atoms. The molecule has 1 aliphatic rings. The number of carbonyl (C=O) groups excluding carboxylic acids is 1. The number of hydrogen-bond acceptors (Lipinski definition) is 7. The van der Waals surface area contributed by atoms with Crippen molar-refractivity contribution in [1.82, 2.24) is 14.8 Å². The second-order valence-corrected chi connectivity index (χ2v) is 9.52. The van der Waals surface area contributed by atoms with E-state index in [1.807, 2.05) is 38.1 Å². The van der Waals surface area contributed by atoms with E-state index in [2.05, 4.69) is 15.3 Å². The van der Waals surface area contributed by atoms with E-state index in [-0.39, 0.29) is 23.1 Å². The number of ether oxygens (including phenoxy) is 1. The highest BCUT2D eigenvalue weighted by molar-refractivity contribution is 7.22. The maximum atomic E-state index is 13.2. The fourth-order valence-corrected chi connectivity index (χ4v) is 5.00. The van der Waals surface area contributed by atoms with E-state index in [9.17, 15) is 9.59 Å². The number of carbonyl (C=O) groups is 1. The van der Waals surface area contributed by atoms with Crippen LogP contribution in [-0.2, 0) is 11.3 Å². The first-order chi connectivity index (χ1) is 16.0. The molecule has 1 N–H and O–H groups in total. The minimum Gasteiger partial charge on any atom is -0.378 e. The first kappa shape index (κ1) is 21.5. The van der Waals surface area contributed by atoms with Crippen LogP contribution in [0.1, 0.15) is 24.3 Å². The first-order valence-electron chi connectivity index (χ1n) is 11.0. The summed E-state index contributed by atoms with van der Waals surface area (Å²) in [5.74, 6) is -0.123. The van der Waals surface area contributed by atoms with Crippen molar-refractivity contribution in [2.75, 3.05) is 36.5 Å². The Morgan fingerprint density at radius 1 is 1.15 bits per heavy atom. The molecule has 5 rings (SSSR count). The molecule has 0 unspecified atom stereocenters. The molecule has 0 spiro atoms. The van der Waals surface area contributed by atoms with Crippen molar-refractivity contribution in [2.45, 2.75) is 20.4 Å². The Labute approximate surface area is 194 Å². The Bertz CT molecular complexity index is 1390. The lowest BCUT2D eigenvalue weighted by atomic mass is 10.1. The molecular weight excluding hydrogens is 438 g/mol. The zero-order valence-corrected chi connectivity index (χ0v) is 19.4. The molecule has 2 aromatic carbocycles. The number of hydrogen-bond donors (Lipinski definition) is 1. The van der Waals surface area contributed by atoms with E-state index in [0.717, 1.165) is 28.4 Å². The van der Waals surface area contributed by atoms with Gasteiger partial charge in [0, 0.05) is 30.7 Å². The van der Waals surface area contributed by atoms with E-state index in [0.29, 0.717) is 36.2 Å². The van der Waals surface area contributed by atoms with Crippen LogP contribution in [0.2, 0.25) is 0 Å². The van der Waals surface area contributed by atoms with Crippen molar-refractivity contribution < 1.29 is 9.53 Å². The van der Waals surface area contributed by atoms with Gasteiger partial charge in [-0.25, -0.2) is 9.67 Å². The lowest BCUT2D eigenvalue weighted by Crippen LogP contribution is -2.36. The van der Waals surface area contributed by atoms with Gasteiger partial charge in [-0.05, 0) is 30.2 Å². The molecule has 0 atom stereocenters. The Kier molecular flexibility index (Phi) is 5.82. The van der Waals surface area contributed by atoms with Crippen LogP contribution < -0.4 is 15.8 Å². The summed E-state index contributed by atoms with van der Waals surface area (Å²) in [4.78, 5) is 33.0. The number of aromatic nitrogens is 3. The summed E-state index contributed by atoms with van der Waals surface area (Å²) in [6.07, 6.45) is 0. The van der Waals surface area contributed by atoms with Gasteiger partial charge in [0.25, 0.3) is 11.5 Å². The topological polar surface area (TPSA) is 89.3 Å². The van der Waals surface area contributed by atoms with E-state index in [1.54, 1.807) is 29.5 Å². The molecule has 0 bridgehead atoms. The van der Waals surface area contributed by atoms with E-state index >= 15 is 0 Å². The Hall–Kier alpha value is -3.30. The van der Waals surface area contributed by atoms with Crippen molar-refractivity contribution >= 4 is 49.1 Å². The van der Waals surface area contributed by atoms with Crippen molar-refractivity contribution in [3.05, 3.63) is 58.5 Å². The highest BCUT2D eigenvalue weighted by Gasteiger charge is 2.19. The molecule has 1 amide bonds. The van der Waals surface area contributed by atoms with Gasteiger partial charge in [0.2, 0.25) is 0 Å². The fraction of sp³-hybridized carbons (Fsp3) is 0.333. The molecule has 4 aromatic rings. The quantitative estimate of drug-likeness (QED) is 0.485. The second-order valence-electron chi connectivity index (χ2n) is 8.51. The highest BCUT2D eigenvalue weighted by Crippen LogP contribution is 2.31. The van der Waals surface area contributed by atoms with E-state index < -0.39 is 0 Å². The van der Waals surface area contributed by atoms with Crippen molar-refractivity contribution in [3.63, 3.8) is 0 Å². The SMILES string of the molecule is CC(C)Cn1nc(C(=O)Nc2ccc3nc(N4CCOCC4)sc3c2)c2ccccc2c1=O. The maximum absolute atomic E-state index is 13.2. The Balaban J connectivity index is 1.46. The number of anilines is 2. The van der Waals surface area contributed by atoms with Crippen LogP contribution >= 0.6 is 11.3 Å². The zero-order valence-electron chi connectivity index (χ0n) is 18.6. The van der Waals surface area contributed by atoms with Gasteiger partial charge in [0.15, 0.2) is 10.8 Å². The predicted molar refractivity (Wildman–Crippen MR) is 131 cm³/mol. The van der Waals surface area contributed by atoms with Crippen molar-refractivity contribution in [2.24, 2.45) is 5.92 Å². The zero-order chi connectivity index (χ0) is 22.9. The summed E-state index contributed by atoms with van der Waals surface area (Å²) >= 11 is 1.60. The standard InChI is InChI=1S/C24H25N5O3S/c1-15(2)14-29-23(31)18-6-4-3-5-17(18)21(27-29)22(30)25-16-7-8-19-20(13-16)33-24(26-19)28-9-11-32-12-10-28/h3-8,13,15H,9-12,14H2,1-2H3,(H,25,30). The third kappa shape index (κ3) is 4.34. The first-order valence-corrected chi connectivity index (χ1v) is 11.9. The number of thiazole rings is 1. The Morgan fingerprint density at radius 2 is 1.91 bits per heavy atom. The Morgan fingerprint density at radius 3 is 2.67 bits per heavy atom. The van der Waals surface area contributed by atoms with Crippen LogP contribution in [0.15, 0.2) is 47.3 Å². The third-order valence-electron chi connectivity index (χ3n) is 5.54. The molecule has 0 aliphatic carbocycles. The average molecular weight is 464 g/mol. The van der Waals surface area contributed by atoms with E-state index in [1.165, 1.54) is 4.68 Å². The van der Waals surface area contributed by atoms with Crippen LogP contribution in [-0.4, -0.2) is 47.0 Å². The fourth-order valence-electron chi connectivity index (χ4n) is 3.94. The monoisotopic (exact) mass is 463 g/mol. The van der Waals surface area contributed by atoms with Gasteiger partial charge in [-0.3, -0.25) is 9.59 Å². The van der Waals surface area contributed by atoms with Crippen LogP contribution in [0, 0.1) is 5.92 Å². The van der Waals surface area contributed by atoms with Crippen LogP contribution in [0.4, 0.5) is 10.8 Å². The number of fused-ring (bicyclic) bond motifs is 2. The molecule has 3 heterocycles. The lowest BCUT2D eigenvalue weighted by Gasteiger charge is -2.25. The number of rotatable bonds is 5. The molecule has 8 nitrogen and oxygen atoms in total. The van der Waals surface area contributed by atoms with Gasteiger partial charge in [0.1, 0.15) is 0 Å². The van der Waals surface area contributed by atoms with Gasteiger partial charge in [-0.1, -0.05) is 43.4 Å². The minimum atomic E-state index is -0.346. The summed E-state index contributed by atoms with van der Waals surface area (Å²) in [6.45, 7) is 7.54. The highest BCUT2D eigenvalue weighted by atomic mass is 32.1. The number of nitrogens with one attached hydrogen (secondary N) is 1. The molecule has 1 aliphatic heterocycles. The minimum absolute atomic E-state index is 0.183. The molecule has 1 saturated heterocycles. The molecule has 9 heteroatoms. The molecule has 1 fully saturated rings. The maximum Gasteiger partial charge on any atom is 0.276 e. The summed E-state index contributed by atoms with van der Waals surface area (Å²) in [5, 5.41) is 9.39. The lowest BCUT2D eigenvalue weighted by molar-refractivity contribution is 0.102. The van der Waals surface area contributed by atoms with Gasteiger partial charge in [-0.15, -0.1) is 0 Å². The smallest absolute Gasteiger partial charge is 0.276 e. The van der Waals surface area contributed by atoms with E-state index in [4.69, 9.17) is 9.72 Å². The second kappa shape index (κ2) is 8.92. The van der Waals surface area contributed by atoms with Gasteiger partial charge >= 0.3 is 0 Å². The predicted octanol–water partition coefficient (Wildman–Crippen LogP) is 3.75. The summed E-state index contributed by atoms with van der Waals surface area (Å²) < 4.78 is 7.82. The molecule has 0 radical (unpaired) electrons. The number of amides is 1. The largest absolute Gasteiger partial charge is 0.378 e. The van der Waals surface area contributed by atoms with Crippen molar-refractivity contribution in [3.8, 4) is 0 Å². The van der Waals surface area contributed by atoms with Gasteiger partial charge in [0.05, 0.1) is 28.8 Å². The summed E-state index contributed by atoms with van der Waals surface area (Å²) in [6, 6.07) is 12.8. The molecular formula is C24H25N5O3S. The molecule has 170 valence electrons. The van der Waals surface area contributed by atoms with Crippen molar-refractivity contribution in [1.29, 1.82) is 0 Å². The molecule has 2 aromatic heterocycles. The normalized spacial score (nSPS) is 14.3. The van der Waals surface area contributed by atoms with Crippen LogP contribution in [0.25, 0.3) is 21.0 Å². The van der Waals surface area contributed by atoms with Gasteiger partial charge < -0.3 is 15.0 Å². The molecule has 0 saturated carbocycles. The average Bonchev–Trinajstić information content (AvgIpc) is 3.25. The van der Waals surface area contributed by atoms with Gasteiger partial charge in [-0.2, -0.15) is 5.10 Å².